The summed E-state index contributed by atoms with van der Waals surface area (Å²) in [4.78, 5) is 0. The molecule has 0 amide bonds. The summed E-state index contributed by atoms with van der Waals surface area (Å²) in [6, 6.07) is 2.37. The molecule has 1 aliphatic rings. The van der Waals surface area contributed by atoms with Gasteiger partial charge in [0.2, 0.25) is 0 Å². The lowest BCUT2D eigenvalue weighted by atomic mass is 10.00. The molecule has 1 atom stereocenters. The van der Waals surface area contributed by atoms with Crippen LogP contribution in [0.3, 0.4) is 0 Å². The molecule has 0 aliphatic heterocycles. The van der Waals surface area contributed by atoms with Crippen LogP contribution in [0.25, 0.3) is 0 Å². The highest BCUT2D eigenvalue weighted by Gasteiger charge is 2.40. The van der Waals surface area contributed by atoms with Crippen LogP contribution in [0, 0.1) is 19.8 Å². The Kier molecular flexibility index (Phi) is 3.83. The van der Waals surface area contributed by atoms with Gasteiger partial charge in [-0.05, 0) is 73.0 Å². The Morgan fingerprint density at radius 3 is 2.30 bits per heavy atom. The number of benzene rings is 1. The molecule has 1 aliphatic carbocycles. The number of aryl methyl sites for hydroxylation is 1. The van der Waals surface area contributed by atoms with Crippen LogP contribution in [0.1, 0.15) is 49.9 Å². The standard InChI is InChI=1S/C18H30OSi/c1-12-9-15-11-13(2)17(14(3)16(15)10-12)19-20(7,8)18(4,5)6/h11-12H,9-10H2,1-8H3/t12-/m1/s1. The fourth-order valence-electron chi connectivity index (χ4n) is 2.92. The Morgan fingerprint density at radius 2 is 1.75 bits per heavy atom. The average Bonchev–Trinajstić information content (AvgIpc) is 2.63. The van der Waals surface area contributed by atoms with E-state index in [4.69, 9.17) is 4.43 Å². The first kappa shape index (κ1) is 15.6. The van der Waals surface area contributed by atoms with E-state index in [9.17, 15) is 0 Å². The number of rotatable bonds is 2. The predicted molar refractivity (Wildman–Crippen MR) is 90.3 cm³/mol. The monoisotopic (exact) mass is 290 g/mol. The van der Waals surface area contributed by atoms with E-state index in [1.54, 1.807) is 11.1 Å². The van der Waals surface area contributed by atoms with Crippen molar-refractivity contribution in [3.8, 4) is 5.75 Å². The minimum absolute atomic E-state index is 0.248. The molecule has 2 rings (SSSR count). The van der Waals surface area contributed by atoms with Crippen LogP contribution in [-0.4, -0.2) is 8.32 Å². The van der Waals surface area contributed by atoms with Crippen LogP contribution in [-0.2, 0) is 12.8 Å². The van der Waals surface area contributed by atoms with Gasteiger partial charge in [0.15, 0.2) is 0 Å². The largest absolute Gasteiger partial charge is 0.543 e. The van der Waals surface area contributed by atoms with E-state index < -0.39 is 8.32 Å². The fraction of sp³-hybridized carbons (Fsp3) is 0.667. The van der Waals surface area contributed by atoms with Gasteiger partial charge in [0.25, 0.3) is 8.32 Å². The van der Waals surface area contributed by atoms with Crippen molar-refractivity contribution in [1.82, 2.24) is 0 Å². The Morgan fingerprint density at radius 1 is 1.15 bits per heavy atom. The van der Waals surface area contributed by atoms with E-state index in [1.165, 1.54) is 29.7 Å². The van der Waals surface area contributed by atoms with Crippen LogP contribution in [0.5, 0.6) is 5.75 Å². The van der Waals surface area contributed by atoms with E-state index in [0.29, 0.717) is 0 Å². The normalized spacial score (nSPS) is 19.1. The molecule has 1 aromatic rings. The Hall–Kier alpha value is -0.763. The maximum Gasteiger partial charge on any atom is 0.250 e. The first-order chi connectivity index (χ1) is 9.03. The SMILES string of the molecule is Cc1cc2c(c(C)c1O[Si](C)(C)C(C)(C)C)C[C@H](C)C2. The second-order valence-corrected chi connectivity index (χ2v) is 12.9. The maximum atomic E-state index is 6.63. The summed E-state index contributed by atoms with van der Waals surface area (Å²) >= 11 is 0. The number of fused-ring (bicyclic) bond motifs is 1. The van der Waals surface area contributed by atoms with Crippen LogP contribution in [0.2, 0.25) is 18.1 Å². The van der Waals surface area contributed by atoms with E-state index in [-0.39, 0.29) is 5.04 Å². The molecule has 0 heterocycles. The van der Waals surface area contributed by atoms with E-state index in [2.05, 4.69) is 60.7 Å². The van der Waals surface area contributed by atoms with Gasteiger partial charge in [0.1, 0.15) is 5.75 Å². The van der Waals surface area contributed by atoms with E-state index in [0.717, 1.165) is 5.92 Å². The lowest BCUT2D eigenvalue weighted by Gasteiger charge is -2.37. The van der Waals surface area contributed by atoms with Crippen LogP contribution in [0.4, 0.5) is 0 Å². The molecule has 112 valence electrons. The maximum absolute atomic E-state index is 6.63. The Balaban J connectivity index is 2.42. The molecule has 0 aromatic heterocycles. The van der Waals surface area contributed by atoms with Crippen LogP contribution < -0.4 is 4.43 Å². The molecule has 0 saturated carbocycles. The van der Waals surface area contributed by atoms with Gasteiger partial charge in [-0.2, -0.15) is 0 Å². The van der Waals surface area contributed by atoms with Crippen molar-refractivity contribution in [3.63, 3.8) is 0 Å². The molecule has 1 aromatic carbocycles. The molecule has 1 nitrogen and oxygen atoms in total. The first-order valence-corrected chi connectivity index (χ1v) is 10.7. The summed E-state index contributed by atoms with van der Waals surface area (Å²) in [5.74, 6) is 1.95. The van der Waals surface area contributed by atoms with Gasteiger partial charge in [0, 0.05) is 0 Å². The summed E-state index contributed by atoms with van der Waals surface area (Å²) < 4.78 is 6.63. The zero-order chi connectivity index (χ0) is 15.3. The fourth-order valence-corrected chi connectivity index (χ4v) is 4.05. The smallest absolute Gasteiger partial charge is 0.250 e. The highest BCUT2D eigenvalue weighted by molar-refractivity contribution is 6.74. The van der Waals surface area contributed by atoms with E-state index >= 15 is 0 Å². The minimum Gasteiger partial charge on any atom is -0.543 e. The summed E-state index contributed by atoms with van der Waals surface area (Å²) in [6.45, 7) is 18.4. The molecule has 0 unspecified atom stereocenters. The highest BCUT2D eigenvalue weighted by Crippen LogP contribution is 2.42. The highest BCUT2D eigenvalue weighted by atomic mass is 28.4. The molecular formula is C18H30OSi. The van der Waals surface area contributed by atoms with Crippen molar-refractivity contribution in [2.24, 2.45) is 5.92 Å². The third-order valence-electron chi connectivity index (χ3n) is 5.21. The third kappa shape index (κ3) is 2.67. The molecule has 2 heteroatoms. The van der Waals surface area contributed by atoms with Gasteiger partial charge < -0.3 is 4.43 Å². The quantitative estimate of drug-likeness (QED) is 0.661. The summed E-state index contributed by atoms with van der Waals surface area (Å²) in [5.41, 5.74) is 5.82. The lowest BCUT2D eigenvalue weighted by molar-refractivity contribution is 0.485. The van der Waals surface area contributed by atoms with Crippen molar-refractivity contribution in [1.29, 1.82) is 0 Å². The van der Waals surface area contributed by atoms with Crippen molar-refractivity contribution in [3.05, 3.63) is 28.3 Å². The van der Waals surface area contributed by atoms with E-state index in [1.807, 2.05) is 0 Å². The molecule has 0 N–H and O–H groups in total. The Labute approximate surface area is 125 Å². The third-order valence-corrected chi connectivity index (χ3v) is 9.54. The van der Waals surface area contributed by atoms with Gasteiger partial charge in [-0.3, -0.25) is 0 Å². The lowest BCUT2D eigenvalue weighted by Crippen LogP contribution is -2.44. The van der Waals surface area contributed by atoms with Gasteiger partial charge >= 0.3 is 0 Å². The second kappa shape index (κ2) is 4.90. The summed E-state index contributed by atoms with van der Waals surface area (Å²) in [5, 5.41) is 0.248. The molecular weight excluding hydrogens is 260 g/mol. The van der Waals surface area contributed by atoms with Gasteiger partial charge in [-0.1, -0.05) is 33.8 Å². The molecule has 0 spiro atoms. The molecule has 0 bridgehead atoms. The number of hydrogen-bond acceptors (Lipinski definition) is 1. The molecule has 0 fully saturated rings. The van der Waals surface area contributed by atoms with Gasteiger partial charge in [0.05, 0.1) is 0 Å². The minimum atomic E-state index is -1.76. The van der Waals surface area contributed by atoms with Crippen molar-refractivity contribution in [2.45, 2.75) is 72.5 Å². The Bertz CT molecular complexity index is 523. The predicted octanol–water partition coefficient (Wildman–Crippen LogP) is 5.42. The zero-order valence-corrected chi connectivity index (χ0v) is 15.5. The molecule has 20 heavy (non-hydrogen) atoms. The van der Waals surface area contributed by atoms with Crippen LogP contribution in [0.15, 0.2) is 6.07 Å². The van der Waals surface area contributed by atoms with Crippen molar-refractivity contribution in [2.75, 3.05) is 0 Å². The zero-order valence-electron chi connectivity index (χ0n) is 14.5. The second-order valence-electron chi connectivity index (χ2n) is 8.16. The molecule has 0 saturated heterocycles. The average molecular weight is 291 g/mol. The van der Waals surface area contributed by atoms with Gasteiger partial charge in [-0.25, -0.2) is 0 Å². The summed E-state index contributed by atoms with van der Waals surface area (Å²) in [6.07, 6.45) is 2.45. The topological polar surface area (TPSA) is 9.23 Å². The first-order valence-electron chi connectivity index (χ1n) is 7.84. The van der Waals surface area contributed by atoms with Crippen LogP contribution >= 0.6 is 0 Å². The van der Waals surface area contributed by atoms with Crippen molar-refractivity contribution < 1.29 is 4.43 Å². The number of hydrogen-bond donors (Lipinski definition) is 0. The van der Waals surface area contributed by atoms with Gasteiger partial charge in [-0.15, -0.1) is 0 Å². The molecule has 0 radical (unpaired) electrons. The van der Waals surface area contributed by atoms with Crippen molar-refractivity contribution >= 4 is 8.32 Å². The summed E-state index contributed by atoms with van der Waals surface area (Å²) in [7, 11) is -1.76.